The molecule has 0 N–H and O–H groups in total. The predicted molar refractivity (Wildman–Crippen MR) is 197 cm³/mol. The Hall–Kier alpha value is -6.79. The van der Waals surface area contributed by atoms with Crippen molar-refractivity contribution in [2.75, 3.05) is 0 Å². The second-order valence-corrected chi connectivity index (χ2v) is 11.8. The average molecular weight is 629 g/mol. The Morgan fingerprint density at radius 2 is 0.796 bits per heavy atom. The van der Waals surface area contributed by atoms with E-state index in [9.17, 15) is 0 Å². The van der Waals surface area contributed by atoms with Gasteiger partial charge in [0.25, 0.3) is 0 Å². The van der Waals surface area contributed by atoms with E-state index < -0.39 is 0 Å². The summed E-state index contributed by atoms with van der Waals surface area (Å²) >= 11 is 0. The van der Waals surface area contributed by atoms with E-state index in [4.69, 9.17) is 24.9 Å². The molecule has 49 heavy (non-hydrogen) atoms. The van der Waals surface area contributed by atoms with Crippen LogP contribution in [-0.2, 0) is 0 Å². The fourth-order valence-electron chi connectivity index (χ4n) is 6.36. The maximum Gasteiger partial charge on any atom is 0.164 e. The maximum atomic E-state index is 5.27. The van der Waals surface area contributed by atoms with Crippen molar-refractivity contribution in [3.05, 3.63) is 170 Å². The zero-order valence-electron chi connectivity index (χ0n) is 26.3. The Labute approximate surface area is 283 Å². The summed E-state index contributed by atoms with van der Waals surface area (Å²) in [6, 6.07) is 57.4. The molecule has 0 saturated carbocycles. The molecule has 0 aliphatic carbocycles. The van der Waals surface area contributed by atoms with Crippen molar-refractivity contribution in [3.63, 3.8) is 0 Å². The molecule has 0 atom stereocenters. The Bertz CT molecular complexity index is 2520. The van der Waals surface area contributed by atoms with E-state index in [0.29, 0.717) is 23.3 Å². The summed E-state index contributed by atoms with van der Waals surface area (Å²) in [5.41, 5.74) is 8.45. The zero-order valence-corrected chi connectivity index (χ0v) is 26.3. The molecule has 0 aliphatic rings. The lowest BCUT2D eigenvalue weighted by atomic mass is 10.1. The van der Waals surface area contributed by atoms with E-state index in [1.165, 1.54) is 0 Å². The minimum atomic E-state index is 0.597. The van der Waals surface area contributed by atoms with Gasteiger partial charge in [-0.2, -0.15) is 0 Å². The molecule has 9 aromatic rings. The molecule has 6 nitrogen and oxygen atoms in total. The Kier molecular flexibility index (Phi) is 7.02. The third-order valence-corrected chi connectivity index (χ3v) is 8.66. The number of benzene rings is 6. The predicted octanol–water partition coefficient (Wildman–Crippen LogP) is 10.1. The molecule has 0 radical (unpaired) electrons. The van der Waals surface area contributed by atoms with E-state index in [1.54, 1.807) is 0 Å². The van der Waals surface area contributed by atoms with E-state index >= 15 is 0 Å². The molecule has 0 fully saturated rings. The molecule has 0 aliphatic heterocycles. The summed E-state index contributed by atoms with van der Waals surface area (Å²) in [5.74, 6) is 2.52. The zero-order chi connectivity index (χ0) is 32.6. The van der Waals surface area contributed by atoms with Crippen LogP contribution in [0, 0.1) is 0 Å². The summed E-state index contributed by atoms with van der Waals surface area (Å²) < 4.78 is 2.23. The fraction of sp³-hybridized carbons (Fsp3) is 0. The molecule has 230 valence electrons. The van der Waals surface area contributed by atoms with Crippen LogP contribution in [0.15, 0.2) is 170 Å². The molecule has 0 saturated heterocycles. The van der Waals surface area contributed by atoms with Crippen molar-refractivity contribution in [3.8, 4) is 62.5 Å². The van der Waals surface area contributed by atoms with Gasteiger partial charge in [-0.15, -0.1) is 0 Å². The first-order valence-corrected chi connectivity index (χ1v) is 16.2. The van der Waals surface area contributed by atoms with Crippen LogP contribution in [0.25, 0.3) is 84.4 Å². The molecule has 0 unspecified atom stereocenters. The summed E-state index contributed by atoms with van der Waals surface area (Å²) in [6.07, 6.45) is 0. The average Bonchev–Trinajstić information content (AvgIpc) is 3.53. The summed E-state index contributed by atoms with van der Waals surface area (Å²) in [6.45, 7) is 0. The lowest BCUT2D eigenvalue weighted by Crippen LogP contribution is -2.02. The van der Waals surface area contributed by atoms with E-state index in [-0.39, 0.29) is 0 Å². The van der Waals surface area contributed by atoms with Crippen LogP contribution in [0.1, 0.15) is 0 Å². The molecular formula is C43H28N6. The number of nitrogens with zero attached hydrogens (tertiary/aromatic N) is 6. The van der Waals surface area contributed by atoms with E-state index in [2.05, 4.69) is 89.5 Å². The number of hydrogen-bond donors (Lipinski definition) is 0. The maximum absolute atomic E-state index is 5.27. The SMILES string of the molecule is c1ccc(-c2nc(-c3ccccc3)nc(-c3cccc(-n4c5ccccc5c5c(-c6ccccc6)nc(-c6ccccc6)nc54)c3)n2)cc1. The third kappa shape index (κ3) is 5.22. The normalized spacial score (nSPS) is 11.3. The van der Waals surface area contributed by atoms with Crippen molar-refractivity contribution in [1.29, 1.82) is 0 Å². The minimum Gasteiger partial charge on any atom is -0.294 e. The summed E-state index contributed by atoms with van der Waals surface area (Å²) in [4.78, 5) is 25.3. The van der Waals surface area contributed by atoms with Gasteiger partial charge in [-0.1, -0.05) is 152 Å². The molecule has 0 bridgehead atoms. The van der Waals surface area contributed by atoms with Crippen LogP contribution in [0.4, 0.5) is 0 Å². The third-order valence-electron chi connectivity index (χ3n) is 8.66. The van der Waals surface area contributed by atoms with Gasteiger partial charge in [-0.05, 0) is 18.2 Å². The first kappa shape index (κ1) is 28.4. The number of fused-ring (bicyclic) bond motifs is 3. The molecule has 3 aromatic heterocycles. The van der Waals surface area contributed by atoms with Crippen molar-refractivity contribution in [2.24, 2.45) is 0 Å². The molecule has 3 heterocycles. The van der Waals surface area contributed by atoms with Crippen LogP contribution >= 0.6 is 0 Å². The van der Waals surface area contributed by atoms with Gasteiger partial charge in [0, 0.05) is 38.9 Å². The highest BCUT2D eigenvalue weighted by Gasteiger charge is 2.21. The largest absolute Gasteiger partial charge is 0.294 e. The fourth-order valence-corrected chi connectivity index (χ4v) is 6.36. The Morgan fingerprint density at radius 1 is 0.347 bits per heavy atom. The topological polar surface area (TPSA) is 69.4 Å². The van der Waals surface area contributed by atoms with Crippen LogP contribution in [-0.4, -0.2) is 29.5 Å². The summed E-state index contributed by atoms with van der Waals surface area (Å²) in [7, 11) is 0. The molecule has 0 spiro atoms. The molecule has 9 rings (SSSR count). The molecule has 0 amide bonds. The molecular weight excluding hydrogens is 601 g/mol. The first-order valence-electron chi connectivity index (χ1n) is 16.2. The molecule has 6 aromatic carbocycles. The van der Waals surface area contributed by atoms with Crippen molar-refractivity contribution in [2.45, 2.75) is 0 Å². The van der Waals surface area contributed by atoms with Gasteiger partial charge < -0.3 is 0 Å². The molecule has 6 heteroatoms. The summed E-state index contributed by atoms with van der Waals surface area (Å²) in [5, 5.41) is 2.09. The lowest BCUT2D eigenvalue weighted by Gasteiger charge is -2.12. The highest BCUT2D eigenvalue weighted by molar-refractivity contribution is 6.14. The van der Waals surface area contributed by atoms with Crippen molar-refractivity contribution in [1.82, 2.24) is 29.5 Å². The number of para-hydroxylation sites is 1. The quantitative estimate of drug-likeness (QED) is 0.183. The van der Waals surface area contributed by atoms with Gasteiger partial charge in [0.15, 0.2) is 23.3 Å². The second-order valence-electron chi connectivity index (χ2n) is 11.8. The smallest absolute Gasteiger partial charge is 0.164 e. The van der Waals surface area contributed by atoms with Gasteiger partial charge in [0.05, 0.1) is 16.6 Å². The van der Waals surface area contributed by atoms with E-state index in [1.807, 2.05) is 84.9 Å². The Balaban J connectivity index is 1.29. The van der Waals surface area contributed by atoms with Crippen LogP contribution in [0.3, 0.4) is 0 Å². The highest BCUT2D eigenvalue weighted by Crippen LogP contribution is 2.38. The number of aromatic nitrogens is 6. The minimum absolute atomic E-state index is 0.597. The number of rotatable bonds is 6. The van der Waals surface area contributed by atoms with Gasteiger partial charge >= 0.3 is 0 Å². The van der Waals surface area contributed by atoms with Crippen LogP contribution in [0.5, 0.6) is 0 Å². The monoisotopic (exact) mass is 628 g/mol. The van der Waals surface area contributed by atoms with Gasteiger partial charge in [0.1, 0.15) is 5.65 Å². The first-order chi connectivity index (χ1) is 24.3. The standard InChI is InChI=1S/C43H28N6/c1-5-16-29(17-6-1)38-37-35-26-13-14-27-36(35)49(43(37)48-39(44-38)30-18-7-2-8-19-30)34-25-15-24-33(28-34)42-46-40(31-20-9-3-10-21-31)45-41(47-42)32-22-11-4-12-23-32/h1-28H. The van der Waals surface area contributed by atoms with Gasteiger partial charge in [-0.3, -0.25) is 4.57 Å². The van der Waals surface area contributed by atoms with Crippen LogP contribution in [0.2, 0.25) is 0 Å². The van der Waals surface area contributed by atoms with Crippen LogP contribution < -0.4 is 0 Å². The highest BCUT2D eigenvalue weighted by atomic mass is 15.1. The van der Waals surface area contributed by atoms with Crippen molar-refractivity contribution < 1.29 is 0 Å². The van der Waals surface area contributed by atoms with Gasteiger partial charge in [-0.25, -0.2) is 24.9 Å². The van der Waals surface area contributed by atoms with Crippen molar-refractivity contribution >= 4 is 21.9 Å². The number of hydrogen-bond acceptors (Lipinski definition) is 5. The van der Waals surface area contributed by atoms with Gasteiger partial charge in [0.2, 0.25) is 0 Å². The van der Waals surface area contributed by atoms with E-state index in [0.717, 1.165) is 61.1 Å². The lowest BCUT2D eigenvalue weighted by molar-refractivity contribution is 1.07. The second kappa shape index (κ2) is 12.1. The Morgan fingerprint density at radius 3 is 1.37 bits per heavy atom.